The molecule has 0 aliphatic heterocycles. The number of methoxy groups -OCH3 is 1. The van der Waals surface area contributed by atoms with Gasteiger partial charge < -0.3 is 4.74 Å². The van der Waals surface area contributed by atoms with E-state index in [1.807, 2.05) is 0 Å². The monoisotopic (exact) mass is 365 g/mol. The normalized spacial score (nSPS) is 11.9. The van der Waals surface area contributed by atoms with E-state index in [-0.39, 0.29) is 11.1 Å². The van der Waals surface area contributed by atoms with Gasteiger partial charge in [0.2, 0.25) is 5.78 Å². The van der Waals surface area contributed by atoms with E-state index in [1.165, 1.54) is 31.4 Å². The number of ether oxygens (including phenoxy) is 1. The molecule has 0 fully saturated rings. The Morgan fingerprint density at radius 2 is 1.33 bits per heavy atom. The van der Waals surface area contributed by atoms with E-state index in [1.54, 1.807) is 60.7 Å². The van der Waals surface area contributed by atoms with Gasteiger partial charge in [-0.3, -0.25) is 4.79 Å². The molecule has 0 aliphatic carbocycles. The lowest BCUT2D eigenvalue weighted by molar-refractivity contribution is 0.0476. The molecule has 0 saturated carbocycles. The highest BCUT2D eigenvalue weighted by atomic mass is 19.3. The van der Waals surface area contributed by atoms with Crippen LogP contribution in [-0.4, -0.2) is 24.5 Å². The van der Waals surface area contributed by atoms with Gasteiger partial charge in [0.25, 0.3) is 0 Å². The molecule has 3 aromatic carbocycles. The molecule has 3 nitrogen and oxygen atoms in total. The van der Waals surface area contributed by atoms with Gasteiger partial charge in [-0.1, -0.05) is 60.7 Å². The molecular formula is C22H17F2NO2. The highest BCUT2D eigenvalue weighted by Gasteiger charge is 2.45. The first-order valence-corrected chi connectivity index (χ1v) is 8.28. The number of rotatable bonds is 6. The summed E-state index contributed by atoms with van der Waals surface area (Å²) in [5.41, 5.74) is -0.180. The van der Waals surface area contributed by atoms with Crippen LogP contribution in [0.3, 0.4) is 0 Å². The predicted octanol–water partition coefficient (Wildman–Crippen LogP) is 5.33. The molecule has 0 aliphatic rings. The predicted molar refractivity (Wildman–Crippen MR) is 101 cm³/mol. The van der Waals surface area contributed by atoms with Crippen molar-refractivity contribution in [1.82, 2.24) is 0 Å². The molecule has 0 heterocycles. The second-order valence-electron chi connectivity index (χ2n) is 5.79. The number of benzene rings is 3. The lowest BCUT2D eigenvalue weighted by Crippen LogP contribution is -2.38. The number of hydrogen-bond donors (Lipinski definition) is 0. The number of halogens is 2. The van der Waals surface area contributed by atoms with Gasteiger partial charge in [0, 0.05) is 11.1 Å². The average molecular weight is 365 g/mol. The topological polar surface area (TPSA) is 38.7 Å². The van der Waals surface area contributed by atoms with Gasteiger partial charge in [0.15, 0.2) is 0 Å². The van der Waals surface area contributed by atoms with Crippen molar-refractivity contribution in [3.63, 3.8) is 0 Å². The number of ketones is 1. The summed E-state index contributed by atoms with van der Waals surface area (Å²) in [7, 11) is 1.51. The van der Waals surface area contributed by atoms with E-state index in [9.17, 15) is 4.79 Å². The zero-order chi connectivity index (χ0) is 19.3. The molecular weight excluding hydrogens is 348 g/mol. The molecule has 0 N–H and O–H groups in total. The number of Topliss-reactive ketones (excluding diaryl/α,β-unsaturated/α-hetero) is 1. The quantitative estimate of drug-likeness (QED) is 0.437. The number of carbonyl (C=O) groups excluding carboxylic acids is 1. The van der Waals surface area contributed by atoms with Crippen LogP contribution in [0.2, 0.25) is 0 Å². The van der Waals surface area contributed by atoms with Crippen LogP contribution in [0, 0.1) is 0 Å². The summed E-state index contributed by atoms with van der Waals surface area (Å²) in [6.45, 7) is 0. The SMILES string of the molecule is COc1ccc(N=C(c2ccccc2)C(F)(F)C(=O)c2ccccc2)cc1. The average Bonchev–Trinajstić information content (AvgIpc) is 2.73. The number of alkyl halides is 2. The Balaban J connectivity index is 2.09. The fourth-order valence-electron chi connectivity index (χ4n) is 2.58. The third kappa shape index (κ3) is 4.08. The molecule has 0 bridgehead atoms. The van der Waals surface area contributed by atoms with Crippen LogP contribution >= 0.6 is 0 Å². The summed E-state index contributed by atoms with van der Waals surface area (Å²) in [4.78, 5) is 16.6. The second-order valence-corrected chi connectivity index (χ2v) is 5.79. The number of carbonyl (C=O) groups is 1. The van der Waals surface area contributed by atoms with E-state index in [2.05, 4.69) is 4.99 Å². The zero-order valence-electron chi connectivity index (χ0n) is 14.6. The van der Waals surface area contributed by atoms with E-state index < -0.39 is 17.4 Å². The fourth-order valence-corrected chi connectivity index (χ4v) is 2.58. The molecule has 3 aromatic rings. The van der Waals surface area contributed by atoms with Crippen molar-refractivity contribution in [2.45, 2.75) is 5.92 Å². The minimum atomic E-state index is -3.79. The van der Waals surface area contributed by atoms with Crippen molar-refractivity contribution < 1.29 is 18.3 Å². The van der Waals surface area contributed by atoms with Gasteiger partial charge in [-0.2, -0.15) is 8.78 Å². The summed E-state index contributed by atoms with van der Waals surface area (Å²) in [5, 5.41) is 0. The molecule has 27 heavy (non-hydrogen) atoms. The highest BCUT2D eigenvalue weighted by Crippen LogP contribution is 2.29. The van der Waals surface area contributed by atoms with Crippen molar-refractivity contribution in [2.24, 2.45) is 4.99 Å². The van der Waals surface area contributed by atoms with E-state index >= 15 is 8.78 Å². The van der Waals surface area contributed by atoms with Crippen LogP contribution in [0.4, 0.5) is 14.5 Å². The van der Waals surface area contributed by atoms with E-state index in [0.29, 0.717) is 11.4 Å². The van der Waals surface area contributed by atoms with Crippen molar-refractivity contribution in [3.8, 4) is 5.75 Å². The van der Waals surface area contributed by atoms with Gasteiger partial charge in [-0.25, -0.2) is 4.99 Å². The largest absolute Gasteiger partial charge is 0.497 e. The maximum absolute atomic E-state index is 15.2. The van der Waals surface area contributed by atoms with Crippen LogP contribution in [0.1, 0.15) is 15.9 Å². The maximum Gasteiger partial charge on any atom is 0.351 e. The summed E-state index contributed by atoms with van der Waals surface area (Å²) in [5.74, 6) is -4.50. The van der Waals surface area contributed by atoms with Gasteiger partial charge >= 0.3 is 5.92 Å². The van der Waals surface area contributed by atoms with Crippen LogP contribution in [0.25, 0.3) is 0 Å². The molecule has 0 amide bonds. The van der Waals surface area contributed by atoms with Gasteiger partial charge in [0.05, 0.1) is 12.8 Å². The Labute approximate surface area is 156 Å². The van der Waals surface area contributed by atoms with Crippen LogP contribution < -0.4 is 4.74 Å². The van der Waals surface area contributed by atoms with E-state index in [0.717, 1.165) is 0 Å². The molecule has 0 radical (unpaired) electrons. The van der Waals surface area contributed by atoms with Crippen LogP contribution in [0.5, 0.6) is 5.75 Å². The first kappa shape index (κ1) is 18.5. The van der Waals surface area contributed by atoms with Gasteiger partial charge in [-0.05, 0) is 24.3 Å². The Kier molecular flexibility index (Phi) is 5.41. The molecule has 5 heteroatoms. The summed E-state index contributed by atoms with van der Waals surface area (Å²) < 4.78 is 35.4. The Morgan fingerprint density at radius 3 is 1.85 bits per heavy atom. The third-order valence-corrected chi connectivity index (χ3v) is 3.98. The number of hydrogen-bond acceptors (Lipinski definition) is 3. The molecule has 0 spiro atoms. The Morgan fingerprint density at radius 1 is 0.815 bits per heavy atom. The molecule has 0 saturated heterocycles. The van der Waals surface area contributed by atoms with Crippen LogP contribution in [0.15, 0.2) is 89.9 Å². The van der Waals surface area contributed by atoms with Crippen molar-refractivity contribution in [3.05, 3.63) is 96.1 Å². The minimum absolute atomic E-state index is 0.0686. The second kappa shape index (κ2) is 7.91. The lowest BCUT2D eigenvalue weighted by Gasteiger charge is -2.18. The number of nitrogens with zero attached hydrogens (tertiary/aromatic N) is 1. The molecule has 0 aromatic heterocycles. The first-order valence-electron chi connectivity index (χ1n) is 8.28. The molecule has 3 rings (SSSR count). The van der Waals surface area contributed by atoms with Crippen molar-refractivity contribution >= 4 is 17.2 Å². The Bertz CT molecular complexity index is 937. The van der Waals surface area contributed by atoms with Crippen LogP contribution in [-0.2, 0) is 0 Å². The first-order chi connectivity index (χ1) is 13.0. The summed E-state index contributed by atoms with van der Waals surface area (Å²) in [6.07, 6.45) is 0. The molecule has 136 valence electrons. The maximum atomic E-state index is 15.2. The summed E-state index contributed by atoms with van der Waals surface area (Å²) in [6, 6.07) is 21.8. The molecule has 0 unspecified atom stereocenters. The van der Waals surface area contributed by atoms with Gasteiger partial charge in [0.1, 0.15) is 11.5 Å². The summed E-state index contributed by atoms with van der Waals surface area (Å²) >= 11 is 0. The number of aliphatic imine (C=N–C) groups is 1. The Hall–Kier alpha value is -3.34. The lowest BCUT2D eigenvalue weighted by atomic mass is 9.96. The molecule has 0 atom stereocenters. The minimum Gasteiger partial charge on any atom is -0.497 e. The third-order valence-electron chi connectivity index (χ3n) is 3.98. The standard InChI is InChI=1S/C22H17F2NO2/c1-27-19-14-12-18(13-15-19)25-20(16-8-4-2-5-9-16)22(23,24)21(26)17-10-6-3-7-11-17/h2-15H,1H3. The highest BCUT2D eigenvalue weighted by molar-refractivity contribution is 6.23. The smallest absolute Gasteiger partial charge is 0.351 e. The van der Waals surface area contributed by atoms with E-state index in [4.69, 9.17) is 4.74 Å². The van der Waals surface area contributed by atoms with Crippen molar-refractivity contribution in [1.29, 1.82) is 0 Å². The fraction of sp³-hybridized carbons (Fsp3) is 0.0909. The van der Waals surface area contributed by atoms with Gasteiger partial charge in [-0.15, -0.1) is 0 Å². The zero-order valence-corrected chi connectivity index (χ0v) is 14.6. The van der Waals surface area contributed by atoms with Crippen molar-refractivity contribution in [2.75, 3.05) is 7.11 Å².